The van der Waals surface area contributed by atoms with E-state index in [1.807, 2.05) is 0 Å². The van der Waals surface area contributed by atoms with Gasteiger partial charge in [-0.1, -0.05) is 11.6 Å². The molecule has 188 valence electrons. The van der Waals surface area contributed by atoms with Gasteiger partial charge < -0.3 is 29.8 Å². The first-order valence-electron chi connectivity index (χ1n) is 11.1. The van der Waals surface area contributed by atoms with E-state index in [0.29, 0.717) is 31.3 Å². The maximum absolute atomic E-state index is 12.9. The van der Waals surface area contributed by atoms with Crippen LogP contribution in [0.2, 0.25) is 5.02 Å². The number of hydrogen-bond acceptors (Lipinski definition) is 8. The third kappa shape index (κ3) is 5.96. The predicted octanol–water partition coefficient (Wildman–Crippen LogP) is 2.79. The third-order valence-electron chi connectivity index (χ3n) is 5.35. The Bertz CT molecular complexity index is 1300. The fourth-order valence-electron chi connectivity index (χ4n) is 3.57. The van der Waals surface area contributed by atoms with Gasteiger partial charge in [-0.25, -0.2) is 14.8 Å². The number of halogens is 1. The average Bonchev–Trinajstić information content (AvgIpc) is 3.23. The van der Waals surface area contributed by atoms with Gasteiger partial charge in [0, 0.05) is 32.1 Å². The van der Waals surface area contributed by atoms with Crippen LogP contribution in [0.15, 0.2) is 34.9 Å². The summed E-state index contributed by atoms with van der Waals surface area (Å²) < 4.78 is 10.8. The van der Waals surface area contributed by atoms with Gasteiger partial charge in [-0.2, -0.15) is 0 Å². The van der Waals surface area contributed by atoms with Crippen LogP contribution in [0.3, 0.4) is 0 Å². The summed E-state index contributed by atoms with van der Waals surface area (Å²) in [7, 11) is 0. The molecule has 3 amide bonds. The Kier molecular flexibility index (Phi) is 7.76. The molecule has 4 rings (SSSR count). The van der Waals surface area contributed by atoms with E-state index < -0.39 is 17.8 Å². The Labute approximate surface area is 209 Å². The topological polar surface area (TPSA) is 164 Å². The molecule has 0 aromatic carbocycles. The largest absolute Gasteiger partial charge is 0.477 e. The van der Waals surface area contributed by atoms with E-state index in [-0.39, 0.29) is 59.2 Å². The van der Waals surface area contributed by atoms with Crippen molar-refractivity contribution in [3.63, 3.8) is 0 Å². The first-order valence-corrected chi connectivity index (χ1v) is 11.4. The zero-order valence-corrected chi connectivity index (χ0v) is 19.7. The van der Waals surface area contributed by atoms with Crippen molar-refractivity contribution in [1.29, 1.82) is 0 Å². The van der Waals surface area contributed by atoms with Crippen molar-refractivity contribution >= 4 is 57.9 Å². The number of anilines is 2. The number of carbonyl (C=O) groups is 4. The molecular weight excluding hydrogens is 494 g/mol. The smallest absolute Gasteiger partial charge is 0.354 e. The number of nitrogens with zero attached hydrogens (tertiary/aromatic N) is 3. The molecule has 3 aromatic rings. The summed E-state index contributed by atoms with van der Waals surface area (Å²) >= 11 is 5.82. The molecule has 0 aliphatic carbocycles. The first-order chi connectivity index (χ1) is 17.3. The van der Waals surface area contributed by atoms with E-state index >= 15 is 0 Å². The highest BCUT2D eigenvalue weighted by molar-refractivity contribution is 6.30. The Morgan fingerprint density at radius 3 is 2.53 bits per heavy atom. The second-order valence-corrected chi connectivity index (χ2v) is 8.30. The lowest BCUT2D eigenvalue weighted by atomic mass is 10.2. The van der Waals surface area contributed by atoms with Crippen LogP contribution in [-0.4, -0.2) is 70.0 Å². The number of fused-ring (bicyclic) bond motifs is 1. The van der Waals surface area contributed by atoms with Gasteiger partial charge in [0.1, 0.15) is 22.7 Å². The molecule has 4 heterocycles. The van der Waals surface area contributed by atoms with Crippen molar-refractivity contribution in [3.8, 4) is 0 Å². The summed E-state index contributed by atoms with van der Waals surface area (Å²) in [6.07, 6.45) is 1.79. The lowest BCUT2D eigenvalue weighted by molar-refractivity contribution is -0.135. The Morgan fingerprint density at radius 1 is 1.06 bits per heavy atom. The molecule has 0 bridgehead atoms. The van der Waals surface area contributed by atoms with Crippen molar-refractivity contribution in [1.82, 2.24) is 14.9 Å². The molecule has 12 nitrogen and oxygen atoms in total. The summed E-state index contributed by atoms with van der Waals surface area (Å²) in [6.45, 7) is 2.01. The molecule has 0 spiro atoms. The number of carboxylic acids is 1. The van der Waals surface area contributed by atoms with E-state index in [9.17, 15) is 24.3 Å². The molecule has 1 fully saturated rings. The van der Waals surface area contributed by atoms with Gasteiger partial charge >= 0.3 is 5.97 Å². The number of pyridine rings is 2. The van der Waals surface area contributed by atoms with Crippen LogP contribution in [0, 0.1) is 0 Å². The minimum absolute atomic E-state index is 0.00172. The van der Waals surface area contributed by atoms with Crippen LogP contribution in [0.1, 0.15) is 40.3 Å². The third-order valence-corrected chi connectivity index (χ3v) is 5.57. The molecule has 1 saturated heterocycles. The van der Waals surface area contributed by atoms with Crippen LogP contribution in [-0.2, 0) is 14.3 Å². The number of carbonyl (C=O) groups excluding carboxylic acids is 3. The highest BCUT2D eigenvalue weighted by atomic mass is 35.5. The summed E-state index contributed by atoms with van der Waals surface area (Å²) in [6, 6.07) is 5.58. The lowest BCUT2D eigenvalue weighted by Crippen LogP contribution is -2.40. The number of amides is 3. The fourth-order valence-corrected chi connectivity index (χ4v) is 3.68. The van der Waals surface area contributed by atoms with Crippen LogP contribution in [0.4, 0.5) is 11.5 Å². The number of aromatic nitrogens is 2. The van der Waals surface area contributed by atoms with Gasteiger partial charge in [0.25, 0.3) is 5.91 Å². The van der Waals surface area contributed by atoms with E-state index in [2.05, 4.69) is 20.6 Å². The number of nitrogens with one attached hydrogen (secondary N) is 2. The fraction of sp³-hybridized carbons (Fsp3) is 0.304. The molecule has 1 aliphatic rings. The summed E-state index contributed by atoms with van der Waals surface area (Å²) in [5, 5.41) is 14.8. The highest BCUT2D eigenvalue weighted by Crippen LogP contribution is 2.31. The Hall–Kier alpha value is -4.03. The number of rotatable bonds is 8. The molecule has 1 aliphatic heterocycles. The zero-order valence-electron chi connectivity index (χ0n) is 19.0. The maximum atomic E-state index is 12.9. The van der Waals surface area contributed by atoms with Crippen molar-refractivity contribution in [2.45, 2.75) is 19.3 Å². The SMILES string of the molecule is O=C(CCCC(=O)N1CCOCC1)Nc1c(C(=O)Nc2ccc(Cl)cn2)oc2ccc(C(=O)O)nc12. The average molecular weight is 516 g/mol. The van der Waals surface area contributed by atoms with Gasteiger partial charge in [-0.15, -0.1) is 0 Å². The number of morpholine rings is 1. The van der Waals surface area contributed by atoms with Gasteiger partial charge in [-0.05, 0) is 30.7 Å². The van der Waals surface area contributed by atoms with Gasteiger partial charge in [-0.3, -0.25) is 14.4 Å². The molecule has 0 saturated carbocycles. The molecule has 0 radical (unpaired) electrons. The van der Waals surface area contributed by atoms with Gasteiger partial charge in [0.15, 0.2) is 5.58 Å². The number of ether oxygens (including phenoxy) is 1. The molecular formula is C23H22ClN5O7. The standard InChI is InChI=1S/C23H22ClN5O7/c24-13-4-7-16(25-12-13)27-22(32)21-20(19-15(36-21)6-5-14(26-19)23(33)34)28-17(30)2-1-3-18(31)29-8-10-35-11-9-29/h4-7,12H,1-3,8-11H2,(H,28,30)(H,33,34)(H,25,27,32). The Morgan fingerprint density at radius 2 is 1.83 bits per heavy atom. The summed E-state index contributed by atoms with van der Waals surface area (Å²) in [5.41, 5.74) is -0.265. The second kappa shape index (κ2) is 11.1. The minimum atomic E-state index is -1.28. The number of hydrogen-bond donors (Lipinski definition) is 3. The zero-order chi connectivity index (χ0) is 25.7. The van der Waals surface area contributed by atoms with E-state index in [1.165, 1.54) is 30.5 Å². The molecule has 3 N–H and O–H groups in total. The maximum Gasteiger partial charge on any atom is 0.354 e. The summed E-state index contributed by atoms with van der Waals surface area (Å²) in [5.74, 6) is -2.68. The van der Waals surface area contributed by atoms with Crippen molar-refractivity contribution in [2.24, 2.45) is 0 Å². The first kappa shape index (κ1) is 25.1. The highest BCUT2D eigenvalue weighted by Gasteiger charge is 2.25. The number of aromatic carboxylic acids is 1. The van der Waals surface area contributed by atoms with Crippen molar-refractivity contribution in [2.75, 3.05) is 36.9 Å². The number of furan rings is 1. The molecule has 13 heteroatoms. The molecule has 0 atom stereocenters. The van der Waals surface area contributed by atoms with E-state index in [1.54, 1.807) is 4.90 Å². The molecule has 36 heavy (non-hydrogen) atoms. The normalized spacial score (nSPS) is 13.4. The van der Waals surface area contributed by atoms with Crippen LogP contribution in [0.5, 0.6) is 0 Å². The van der Waals surface area contributed by atoms with E-state index in [0.717, 1.165) is 0 Å². The Balaban J connectivity index is 1.51. The minimum Gasteiger partial charge on any atom is -0.477 e. The van der Waals surface area contributed by atoms with Gasteiger partial charge in [0.05, 0.1) is 18.2 Å². The van der Waals surface area contributed by atoms with Crippen molar-refractivity contribution < 1.29 is 33.4 Å². The van der Waals surface area contributed by atoms with Crippen LogP contribution >= 0.6 is 11.6 Å². The van der Waals surface area contributed by atoms with Crippen LogP contribution < -0.4 is 10.6 Å². The lowest BCUT2D eigenvalue weighted by Gasteiger charge is -2.26. The molecule has 0 unspecified atom stereocenters. The molecule has 3 aromatic heterocycles. The van der Waals surface area contributed by atoms with Crippen molar-refractivity contribution in [3.05, 3.63) is 46.9 Å². The number of carboxylic acid groups (broad SMARTS) is 1. The van der Waals surface area contributed by atoms with E-state index in [4.69, 9.17) is 20.8 Å². The summed E-state index contributed by atoms with van der Waals surface area (Å²) in [4.78, 5) is 59.0. The van der Waals surface area contributed by atoms with Crippen LogP contribution in [0.25, 0.3) is 11.1 Å². The predicted molar refractivity (Wildman–Crippen MR) is 128 cm³/mol. The van der Waals surface area contributed by atoms with Gasteiger partial charge in [0.2, 0.25) is 17.6 Å². The second-order valence-electron chi connectivity index (χ2n) is 7.87. The quantitative estimate of drug-likeness (QED) is 0.409. The monoisotopic (exact) mass is 515 g/mol.